The van der Waals surface area contributed by atoms with Crippen molar-refractivity contribution in [2.24, 2.45) is 0 Å². The highest BCUT2D eigenvalue weighted by Gasteiger charge is 2.26. The molecule has 14 heavy (non-hydrogen) atoms. The van der Waals surface area contributed by atoms with Crippen molar-refractivity contribution in [3.8, 4) is 0 Å². The van der Waals surface area contributed by atoms with Crippen LogP contribution < -0.4 is 0 Å². The van der Waals surface area contributed by atoms with Crippen molar-refractivity contribution < 1.29 is 5.11 Å². The van der Waals surface area contributed by atoms with Crippen LogP contribution in [0.2, 0.25) is 0 Å². The summed E-state index contributed by atoms with van der Waals surface area (Å²) in [6, 6.07) is 0.231. The number of rotatable bonds is 3. The summed E-state index contributed by atoms with van der Waals surface area (Å²) in [6.07, 6.45) is 4.05. The van der Waals surface area contributed by atoms with Gasteiger partial charge >= 0.3 is 0 Å². The predicted octanol–water partition coefficient (Wildman–Crippen LogP) is 2.54. The van der Waals surface area contributed by atoms with Gasteiger partial charge in [-0.05, 0) is 19.9 Å². The molecule has 0 aliphatic heterocycles. The standard InChI is InChI=1S/C10H17Cl2NO/c1-13(7-8(12)6-11)9-4-2-3-5-10(9)14/h6,9-10,14H,2-5,7H2,1H3/b8-6-. The molecule has 1 aliphatic carbocycles. The molecular formula is C10H17Cl2NO. The van der Waals surface area contributed by atoms with Gasteiger partial charge in [0.15, 0.2) is 0 Å². The number of aliphatic hydroxyl groups excluding tert-OH is 1. The first-order valence-electron chi connectivity index (χ1n) is 4.98. The van der Waals surface area contributed by atoms with Crippen LogP contribution in [0.3, 0.4) is 0 Å². The Balaban J connectivity index is 2.45. The van der Waals surface area contributed by atoms with Crippen LogP contribution in [0, 0.1) is 0 Å². The summed E-state index contributed by atoms with van der Waals surface area (Å²) in [7, 11) is 1.97. The van der Waals surface area contributed by atoms with Crippen LogP contribution in [0.1, 0.15) is 25.7 Å². The third-order valence-corrected chi connectivity index (χ3v) is 3.38. The third-order valence-electron chi connectivity index (χ3n) is 2.78. The Kier molecular flexibility index (Phi) is 5.24. The van der Waals surface area contributed by atoms with Gasteiger partial charge in [-0.2, -0.15) is 0 Å². The summed E-state index contributed by atoms with van der Waals surface area (Å²) < 4.78 is 0. The first-order chi connectivity index (χ1) is 6.65. The Morgan fingerprint density at radius 2 is 2.14 bits per heavy atom. The van der Waals surface area contributed by atoms with Gasteiger partial charge in [0.1, 0.15) is 0 Å². The molecule has 0 radical (unpaired) electrons. The molecule has 1 aliphatic rings. The lowest BCUT2D eigenvalue weighted by Crippen LogP contribution is -2.43. The smallest absolute Gasteiger partial charge is 0.0695 e. The maximum atomic E-state index is 9.79. The fraction of sp³-hybridized carbons (Fsp3) is 0.800. The summed E-state index contributed by atoms with van der Waals surface area (Å²) in [5, 5.41) is 10.4. The van der Waals surface area contributed by atoms with Gasteiger partial charge in [0.25, 0.3) is 0 Å². The van der Waals surface area contributed by atoms with Gasteiger partial charge in [-0.1, -0.05) is 36.0 Å². The molecule has 1 rings (SSSR count). The molecule has 1 fully saturated rings. The Labute approximate surface area is 95.5 Å². The van der Waals surface area contributed by atoms with Gasteiger partial charge in [0.05, 0.1) is 6.10 Å². The summed E-state index contributed by atoms with van der Waals surface area (Å²) in [6.45, 7) is 0.618. The highest BCUT2D eigenvalue weighted by Crippen LogP contribution is 2.23. The number of hydrogen-bond donors (Lipinski definition) is 1. The van der Waals surface area contributed by atoms with E-state index in [0.717, 1.165) is 19.3 Å². The number of hydrogen-bond acceptors (Lipinski definition) is 2. The second-order valence-corrected chi connectivity index (χ2v) is 4.59. The first-order valence-corrected chi connectivity index (χ1v) is 5.79. The number of nitrogens with zero attached hydrogens (tertiary/aromatic N) is 1. The number of halogens is 2. The summed E-state index contributed by atoms with van der Waals surface area (Å²) in [5.74, 6) is 0. The van der Waals surface area contributed by atoms with Crippen molar-refractivity contribution in [1.82, 2.24) is 4.90 Å². The van der Waals surface area contributed by atoms with Crippen LogP contribution in [-0.4, -0.2) is 35.7 Å². The topological polar surface area (TPSA) is 23.5 Å². The van der Waals surface area contributed by atoms with E-state index in [-0.39, 0.29) is 12.1 Å². The van der Waals surface area contributed by atoms with Gasteiger partial charge in [-0.3, -0.25) is 4.90 Å². The quantitative estimate of drug-likeness (QED) is 0.816. The number of likely N-dealkylation sites (N-methyl/N-ethyl adjacent to an activating group) is 1. The SMILES string of the molecule is CN(C/C(Cl)=C/Cl)C1CCCCC1O. The molecule has 0 spiro atoms. The zero-order valence-electron chi connectivity index (χ0n) is 8.42. The van der Waals surface area contributed by atoms with E-state index < -0.39 is 0 Å². The van der Waals surface area contributed by atoms with Crippen molar-refractivity contribution in [3.63, 3.8) is 0 Å². The largest absolute Gasteiger partial charge is 0.391 e. The molecule has 2 atom stereocenters. The Hall–Kier alpha value is 0.240. The van der Waals surface area contributed by atoms with Gasteiger partial charge in [0.2, 0.25) is 0 Å². The zero-order valence-corrected chi connectivity index (χ0v) is 9.93. The average Bonchev–Trinajstić information content (AvgIpc) is 2.18. The second-order valence-electron chi connectivity index (χ2n) is 3.89. The van der Waals surface area contributed by atoms with E-state index in [1.807, 2.05) is 7.05 Å². The van der Waals surface area contributed by atoms with Gasteiger partial charge in [-0.15, -0.1) is 0 Å². The van der Waals surface area contributed by atoms with E-state index in [1.54, 1.807) is 0 Å². The van der Waals surface area contributed by atoms with E-state index in [4.69, 9.17) is 23.2 Å². The van der Waals surface area contributed by atoms with E-state index in [0.29, 0.717) is 11.6 Å². The van der Waals surface area contributed by atoms with Crippen molar-refractivity contribution in [2.75, 3.05) is 13.6 Å². The molecule has 2 nitrogen and oxygen atoms in total. The Morgan fingerprint density at radius 3 is 2.71 bits per heavy atom. The zero-order chi connectivity index (χ0) is 10.6. The lowest BCUT2D eigenvalue weighted by Gasteiger charge is -2.34. The monoisotopic (exact) mass is 237 g/mol. The van der Waals surface area contributed by atoms with E-state index in [9.17, 15) is 5.11 Å². The van der Waals surface area contributed by atoms with Crippen LogP contribution >= 0.6 is 23.2 Å². The molecule has 0 aromatic heterocycles. The maximum Gasteiger partial charge on any atom is 0.0695 e. The van der Waals surface area contributed by atoms with Crippen molar-refractivity contribution in [2.45, 2.75) is 37.8 Å². The molecule has 0 amide bonds. The maximum absolute atomic E-state index is 9.79. The predicted molar refractivity (Wildman–Crippen MR) is 60.7 cm³/mol. The fourth-order valence-electron chi connectivity index (χ4n) is 2.00. The van der Waals surface area contributed by atoms with Crippen LogP contribution in [0.15, 0.2) is 10.6 Å². The third kappa shape index (κ3) is 3.43. The highest BCUT2D eigenvalue weighted by molar-refractivity contribution is 6.36. The minimum absolute atomic E-state index is 0.214. The van der Waals surface area contributed by atoms with E-state index in [2.05, 4.69) is 4.90 Å². The van der Waals surface area contributed by atoms with Crippen molar-refractivity contribution in [3.05, 3.63) is 10.6 Å². The second kappa shape index (κ2) is 5.96. The Bertz CT molecular complexity index is 208. The molecule has 0 saturated heterocycles. The van der Waals surface area contributed by atoms with Gasteiger partial charge < -0.3 is 5.11 Å². The summed E-state index contributed by atoms with van der Waals surface area (Å²) in [4.78, 5) is 2.07. The lowest BCUT2D eigenvalue weighted by molar-refractivity contribution is 0.0369. The molecule has 82 valence electrons. The van der Waals surface area contributed by atoms with Crippen LogP contribution in [0.5, 0.6) is 0 Å². The van der Waals surface area contributed by atoms with Gasteiger partial charge in [-0.25, -0.2) is 0 Å². The van der Waals surface area contributed by atoms with Crippen molar-refractivity contribution in [1.29, 1.82) is 0 Å². The normalized spacial score (nSPS) is 29.6. The molecule has 2 unspecified atom stereocenters. The molecule has 4 heteroatoms. The molecule has 0 heterocycles. The van der Waals surface area contributed by atoms with Gasteiger partial charge in [0, 0.05) is 23.2 Å². The van der Waals surface area contributed by atoms with E-state index >= 15 is 0 Å². The minimum Gasteiger partial charge on any atom is -0.391 e. The summed E-state index contributed by atoms with van der Waals surface area (Å²) >= 11 is 11.3. The lowest BCUT2D eigenvalue weighted by atomic mass is 9.92. The van der Waals surface area contributed by atoms with Crippen molar-refractivity contribution >= 4 is 23.2 Å². The number of aliphatic hydroxyl groups is 1. The minimum atomic E-state index is -0.214. The molecule has 0 aromatic rings. The highest BCUT2D eigenvalue weighted by atomic mass is 35.5. The van der Waals surface area contributed by atoms with Crippen LogP contribution in [0.25, 0.3) is 0 Å². The summed E-state index contributed by atoms with van der Waals surface area (Å²) in [5.41, 5.74) is 1.38. The molecule has 0 aromatic carbocycles. The van der Waals surface area contributed by atoms with E-state index in [1.165, 1.54) is 12.0 Å². The fourth-order valence-corrected chi connectivity index (χ4v) is 2.25. The van der Waals surface area contributed by atoms with Crippen LogP contribution in [0.4, 0.5) is 0 Å². The molecule has 0 bridgehead atoms. The molecule has 1 N–H and O–H groups in total. The Morgan fingerprint density at radius 1 is 1.50 bits per heavy atom. The molecule has 1 saturated carbocycles. The molecular weight excluding hydrogens is 221 g/mol. The average molecular weight is 238 g/mol. The first kappa shape index (κ1) is 12.3. The van der Waals surface area contributed by atoms with Crippen LogP contribution in [-0.2, 0) is 0 Å².